The predicted octanol–water partition coefficient (Wildman–Crippen LogP) is 17.4. The van der Waals surface area contributed by atoms with Gasteiger partial charge in [-0.25, -0.2) is 0 Å². The summed E-state index contributed by atoms with van der Waals surface area (Å²) >= 11 is 0. The van der Waals surface area contributed by atoms with Crippen LogP contribution in [0.15, 0.2) is 253 Å². The van der Waals surface area contributed by atoms with Gasteiger partial charge in [-0.1, -0.05) is 218 Å². The lowest BCUT2D eigenvalue weighted by molar-refractivity contribution is 0.953. The number of allylic oxidation sites excluding steroid dienone is 6. The molecule has 78 heavy (non-hydrogen) atoms. The third-order valence-corrected chi connectivity index (χ3v) is 16.3. The van der Waals surface area contributed by atoms with Crippen LogP contribution in [0, 0.1) is 0 Å². The molecule has 0 saturated carbocycles. The second-order valence-electron chi connectivity index (χ2n) is 20.7. The number of aromatic nitrogens is 3. The van der Waals surface area contributed by atoms with E-state index in [0.717, 1.165) is 86.8 Å². The van der Waals surface area contributed by atoms with Crippen molar-refractivity contribution in [2.24, 2.45) is 0 Å². The average molecular weight is 997 g/mol. The number of anilines is 9. The summed E-state index contributed by atoms with van der Waals surface area (Å²) in [6.45, 7) is 0. The Bertz CT molecular complexity index is 3790. The fourth-order valence-electron chi connectivity index (χ4n) is 12.9. The molecule has 9 aromatic carbocycles. The van der Waals surface area contributed by atoms with Gasteiger partial charge in [-0.2, -0.15) is 15.0 Å². The third kappa shape index (κ3) is 6.93. The number of benzene rings is 9. The zero-order valence-corrected chi connectivity index (χ0v) is 42.6. The topological polar surface area (TPSA) is 48.4 Å². The summed E-state index contributed by atoms with van der Waals surface area (Å²) in [5.74, 6) is 1.54. The monoisotopic (exact) mass is 996 g/mol. The first kappa shape index (κ1) is 44.2. The van der Waals surface area contributed by atoms with Crippen LogP contribution in [-0.4, -0.2) is 15.0 Å². The maximum absolute atomic E-state index is 5.75. The Morgan fingerprint density at radius 2 is 0.449 bits per heavy atom. The van der Waals surface area contributed by atoms with Crippen molar-refractivity contribution < 1.29 is 0 Å². The van der Waals surface area contributed by atoms with E-state index in [-0.39, 0.29) is 0 Å². The van der Waals surface area contributed by atoms with Gasteiger partial charge >= 0.3 is 0 Å². The predicted molar refractivity (Wildman–Crippen MR) is 319 cm³/mol. The van der Waals surface area contributed by atoms with E-state index in [9.17, 15) is 0 Å². The van der Waals surface area contributed by atoms with E-state index in [2.05, 4.69) is 270 Å². The van der Waals surface area contributed by atoms with Crippen LogP contribution in [0.25, 0.3) is 34.9 Å². The second-order valence-corrected chi connectivity index (χ2v) is 20.7. The summed E-state index contributed by atoms with van der Waals surface area (Å²) < 4.78 is 0. The maximum atomic E-state index is 5.75. The molecule has 0 N–H and O–H groups in total. The van der Waals surface area contributed by atoms with E-state index in [0.29, 0.717) is 17.8 Å². The van der Waals surface area contributed by atoms with Gasteiger partial charge in [0.2, 0.25) is 17.8 Å². The Labute approximate surface area is 453 Å². The first-order chi connectivity index (χ1) is 38.7. The van der Waals surface area contributed by atoms with Crippen LogP contribution < -0.4 is 14.7 Å². The molecule has 0 saturated heterocycles. The Kier molecular flexibility index (Phi) is 10.0. The molecular formula is C72H48N6. The van der Waals surface area contributed by atoms with Gasteiger partial charge in [0.05, 0.1) is 34.1 Å². The molecule has 0 radical (unpaired) electrons. The van der Waals surface area contributed by atoms with E-state index >= 15 is 0 Å². The van der Waals surface area contributed by atoms with Crippen molar-refractivity contribution in [2.75, 3.05) is 14.7 Å². The number of rotatable bonds is 3. The summed E-state index contributed by atoms with van der Waals surface area (Å²) in [6.07, 6.45) is 16.2. The molecule has 0 unspecified atom stereocenters. The molecule has 0 atom stereocenters. The SMILES string of the molecule is C1=Cc2ccccc2CC1=C1c2ccccc2N(c2nc(N3c4ccccc4C(=C4C=Cc5ccccc5C4)c4ccccc43)nc(N3c4ccccc4C(=C4C=Cc5ccccc5C4)c4ccccc43)n2)c2ccccc21. The lowest BCUT2D eigenvalue weighted by atomic mass is 9.82. The molecule has 0 fully saturated rings. The van der Waals surface area contributed by atoms with E-state index in [1.165, 1.54) is 66.8 Å². The molecular weight excluding hydrogens is 949 g/mol. The number of hydrogen-bond donors (Lipinski definition) is 0. The van der Waals surface area contributed by atoms with Gasteiger partial charge in [0.1, 0.15) is 0 Å². The van der Waals surface area contributed by atoms with E-state index in [1.54, 1.807) is 0 Å². The normalized spacial score (nSPS) is 15.2. The van der Waals surface area contributed by atoms with Crippen LogP contribution >= 0.6 is 0 Å². The van der Waals surface area contributed by atoms with Gasteiger partial charge in [-0.15, -0.1) is 0 Å². The van der Waals surface area contributed by atoms with Gasteiger partial charge in [-0.3, -0.25) is 14.7 Å². The number of para-hydroxylation sites is 6. The highest BCUT2D eigenvalue weighted by molar-refractivity contribution is 6.06. The molecule has 10 aromatic rings. The summed E-state index contributed by atoms with van der Waals surface area (Å²) in [5.41, 5.74) is 28.0. The molecule has 6 nitrogen and oxygen atoms in total. The molecule has 1 aromatic heterocycles. The summed E-state index contributed by atoms with van der Waals surface area (Å²) in [4.78, 5) is 24.1. The van der Waals surface area contributed by atoms with Crippen LogP contribution in [0.2, 0.25) is 0 Å². The molecule has 6 aliphatic rings. The van der Waals surface area contributed by atoms with Crippen molar-refractivity contribution >= 4 is 86.9 Å². The molecule has 0 bridgehead atoms. The fourth-order valence-corrected chi connectivity index (χ4v) is 12.9. The molecule has 16 rings (SSSR count). The van der Waals surface area contributed by atoms with Crippen molar-refractivity contribution in [3.05, 3.63) is 320 Å². The minimum absolute atomic E-state index is 0.514. The lowest BCUT2D eigenvalue weighted by Gasteiger charge is -2.38. The van der Waals surface area contributed by atoms with E-state index < -0.39 is 0 Å². The highest BCUT2D eigenvalue weighted by Gasteiger charge is 2.38. The zero-order chi connectivity index (χ0) is 51.3. The fraction of sp³-hybridized carbons (Fsp3) is 0.0417. The van der Waals surface area contributed by atoms with Crippen LogP contribution in [0.5, 0.6) is 0 Å². The molecule has 3 aliphatic carbocycles. The zero-order valence-electron chi connectivity index (χ0n) is 42.6. The number of fused-ring (bicyclic) bond motifs is 9. The van der Waals surface area contributed by atoms with E-state index in [1.807, 2.05) is 0 Å². The van der Waals surface area contributed by atoms with Crippen molar-refractivity contribution in [2.45, 2.75) is 19.3 Å². The lowest BCUT2D eigenvalue weighted by Crippen LogP contribution is -2.27. The highest BCUT2D eigenvalue weighted by Crippen LogP contribution is 2.55. The smallest absolute Gasteiger partial charge is 0.241 e. The standard InChI is InChI=1S/C72H48N6/c1-4-22-49-43-52(40-37-46(49)19-1)67-55-25-7-13-31-61(55)76(62-32-14-8-26-56(62)67)70-73-71(77-63-33-15-9-27-57(63)68(58-28-10-16-34-64(58)77)53-41-38-47-20-2-5-23-50(47)44-53)75-72(74-70)78-65-35-17-11-29-59(65)69(60-30-12-18-36-66(60)78)54-42-39-48-21-3-6-24-51(48)45-54/h1-42H,43-45H2. The quantitative estimate of drug-likeness (QED) is 0.176. The van der Waals surface area contributed by atoms with Crippen LogP contribution in [0.1, 0.15) is 66.8 Å². The van der Waals surface area contributed by atoms with E-state index in [4.69, 9.17) is 15.0 Å². The highest BCUT2D eigenvalue weighted by atomic mass is 15.4. The Morgan fingerprint density at radius 1 is 0.231 bits per heavy atom. The van der Waals surface area contributed by atoms with Crippen LogP contribution in [0.4, 0.5) is 52.0 Å². The third-order valence-electron chi connectivity index (χ3n) is 16.3. The summed E-state index contributed by atoms with van der Waals surface area (Å²) in [6, 6.07) is 78.7. The van der Waals surface area contributed by atoms with Gasteiger partial charge in [0.15, 0.2) is 0 Å². The van der Waals surface area contributed by atoms with Gasteiger partial charge in [0, 0.05) is 33.4 Å². The maximum Gasteiger partial charge on any atom is 0.241 e. The van der Waals surface area contributed by atoms with Crippen LogP contribution in [0.3, 0.4) is 0 Å². The first-order valence-corrected chi connectivity index (χ1v) is 26.9. The molecule has 3 aliphatic heterocycles. The molecule has 4 heterocycles. The second kappa shape index (κ2) is 17.7. The summed E-state index contributed by atoms with van der Waals surface area (Å²) in [5, 5.41) is 0. The van der Waals surface area contributed by atoms with Crippen molar-refractivity contribution in [3.8, 4) is 0 Å². The molecule has 0 spiro atoms. The van der Waals surface area contributed by atoms with Crippen molar-refractivity contribution in [1.82, 2.24) is 15.0 Å². The summed E-state index contributed by atoms with van der Waals surface area (Å²) in [7, 11) is 0. The Morgan fingerprint density at radius 3 is 0.705 bits per heavy atom. The van der Waals surface area contributed by atoms with Gasteiger partial charge < -0.3 is 0 Å². The molecule has 366 valence electrons. The minimum Gasteiger partial charge on any atom is -0.278 e. The number of hydrogen-bond acceptors (Lipinski definition) is 6. The van der Waals surface area contributed by atoms with Gasteiger partial charge in [0.25, 0.3) is 0 Å². The largest absolute Gasteiger partial charge is 0.278 e. The van der Waals surface area contributed by atoms with Crippen LogP contribution in [-0.2, 0) is 19.3 Å². The van der Waals surface area contributed by atoms with Crippen molar-refractivity contribution in [1.29, 1.82) is 0 Å². The molecule has 6 heteroatoms. The molecule has 0 amide bonds. The van der Waals surface area contributed by atoms with Gasteiger partial charge in [-0.05, 0) is 122 Å². The Hall–Kier alpha value is -10.2. The first-order valence-electron chi connectivity index (χ1n) is 26.9. The minimum atomic E-state index is 0.514. The average Bonchev–Trinajstić information content (AvgIpc) is 3.68. The Balaban J connectivity index is 0.943. The number of nitrogens with zero attached hydrogens (tertiary/aromatic N) is 6. The van der Waals surface area contributed by atoms with Crippen molar-refractivity contribution in [3.63, 3.8) is 0 Å².